The summed E-state index contributed by atoms with van der Waals surface area (Å²) in [5.74, 6) is -1.19. The maximum Gasteiger partial charge on any atom is 0.357 e. The van der Waals surface area contributed by atoms with E-state index in [-0.39, 0.29) is 18.1 Å². The van der Waals surface area contributed by atoms with E-state index in [4.69, 9.17) is 5.11 Å². The molecule has 1 amide bonds. The van der Waals surface area contributed by atoms with Crippen LogP contribution in [0.25, 0.3) is 0 Å². The number of likely N-dealkylation sites (N-methyl/N-ethyl adjacent to an activating group) is 1. The number of nitrogens with one attached hydrogen (secondary N) is 1. The van der Waals surface area contributed by atoms with Crippen LogP contribution in [0.15, 0.2) is 5.51 Å². The molecule has 0 unspecified atom stereocenters. The molecule has 6 nitrogen and oxygen atoms in total. The molecule has 0 bridgehead atoms. The van der Waals surface area contributed by atoms with Crippen LogP contribution >= 0.6 is 11.3 Å². The first-order chi connectivity index (χ1) is 7.56. The molecule has 1 heterocycles. The lowest BCUT2D eigenvalue weighted by Crippen LogP contribution is -2.31. The zero-order valence-electron chi connectivity index (χ0n) is 9.06. The summed E-state index contributed by atoms with van der Waals surface area (Å²) < 4.78 is 0. The summed E-state index contributed by atoms with van der Waals surface area (Å²) in [4.78, 5) is 27.4. The number of aromatic nitrogens is 1. The second-order valence-electron chi connectivity index (χ2n) is 3.10. The van der Waals surface area contributed by atoms with Crippen molar-refractivity contribution in [1.82, 2.24) is 9.88 Å². The van der Waals surface area contributed by atoms with E-state index in [0.29, 0.717) is 11.5 Å². The van der Waals surface area contributed by atoms with Crippen LogP contribution in [0.2, 0.25) is 0 Å². The minimum absolute atomic E-state index is 0.0445. The first-order valence-corrected chi connectivity index (χ1v) is 5.58. The van der Waals surface area contributed by atoms with Crippen LogP contribution in [0, 0.1) is 0 Å². The van der Waals surface area contributed by atoms with Gasteiger partial charge >= 0.3 is 5.97 Å². The van der Waals surface area contributed by atoms with Gasteiger partial charge in [-0.3, -0.25) is 4.79 Å². The smallest absolute Gasteiger partial charge is 0.357 e. The van der Waals surface area contributed by atoms with E-state index in [2.05, 4.69) is 10.3 Å². The van der Waals surface area contributed by atoms with Crippen LogP contribution in [-0.4, -0.2) is 47.0 Å². The molecule has 1 aromatic heterocycles. The molecule has 1 aromatic rings. The minimum atomic E-state index is -1.10. The van der Waals surface area contributed by atoms with Gasteiger partial charge in [-0.05, 0) is 6.92 Å². The van der Waals surface area contributed by atoms with Crippen LogP contribution in [-0.2, 0) is 4.79 Å². The van der Waals surface area contributed by atoms with Gasteiger partial charge in [-0.15, -0.1) is 11.3 Å². The maximum absolute atomic E-state index is 11.5. The normalized spacial score (nSPS) is 9.88. The zero-order valence-corrected chi connectivity index (χ0v) is 9.87. The molecule has 1 rings (SSSR count). The van der Waals surface area contributed by atoms with E-state index in [0.717, 1.165) is 0 Å². The fourth-order valence-corrected chi connectivity index (χ4v) is 1.66. The Bertz CT molecular complexity index is 391. The third-order valence-electron chi connectivity index (χ3n) is 2.07. The highest BCUT2D eigenvalue weighted by molar-refractivity contribution is 7.14. The number of anilines is 1. The summed E-state index contributed by atoms with van der Waals surface area (Å²) in [5, 5.41) is 12.0. The Morgan fingerprint density at radius 1 is 1.62 bits per heavy atom. The Hall–Kier alpha value is -1.63. The largest absolute Gasteiger partial charge is 0.476 e. The summed E-state index contributed by atoms with van der Waals surface area (Å²) >= 11 is 1.17. The molecule has 0 aliphatic carbocycles. The molecule has 0 saturated carbocycles. The highest BCUT2D eigenvalue weighted by atomic mass is 32.1. The van der Waals surface area contributed by atoms with Gasteiger partial charge in [0.2, 0.25) is 5.91 Å². The number of nitrogens with zero attached hydrogens (tertiary/aromatic N) is 2. The number of thiazole rings is 1. The average molecular weight is 243 g/mol. The molecule has 16 heavy (non-hydrogen) atoms. The Morgan fingerprint density at radius 3 is 2.88 bits per heavy atom. The summed E-state index contributed by atoms with van der Waals surface area (Å²) in [6.07, 6.45) is 0. The van der Waals surface area contributed by atoms with Crippen LogP contribution in [0.3, 0.4) is 0 Å². The Morgan fingerprint density at radius 2 is 2.31 bits per heavy atom. The summed E-state index contributed by atoms with van der Waals surface area (Å²) in [6, 6.07) is 0. The lowest BCUT2D eigenvalue weighted by Gasteiger charge is -2.14. The van der Waals surface area contributed by atoms with Gasteiger partial charge in [0.05, 0.1) is 12.1 Å². The first-order valence-electron chi connectivity index (χ1n) is 4.70. The Balaban J connectivity index is 2.58. The van der Waals surface area contributed by atoms with Crippen molar-refractivity contribution in [3.05, 3.63) is 11.2 Å². The monoisotopic (exact) mass is 243 g/mol. The standard InChI is InChI=1S/C9H13N3O3S/c1-3-12(2)6(13)4-10-8-7(9(14)15)11-5-16-8/h5,10H,3-4H2,1-2H3,(H,14,15). The van der Waals surface area contributed by atoms with Gasteiger partial charge in [0.25, 0.3) is 0 Å². The highest BCUT2D eigenvalue weighted by Crippen LogP contribution is 2.19. The van der Waals surface area contributed by atoms with Gasteiger partial charge in [-0.1, -0.05) is 0 Å². The van der Waals surface area contributed by atoms with E-state index >= 15 is 0 Å². The molecule has 7 heteroatoms. The molecule has 0 spiro atoms. The van der Waals surface area contributed by atoms with Crippen LogP contribution in [0.5, 0.6) is 0 Å². The Kier molecular flexibility index (Phi) is 4.24. The van der Waals surface area contributed by atoms with Crippen LogP contribution in [0.1, 0.15) is 17.4 Å². The van der Waals surface area contributed by atoms with Crippen molar-refractivity contribution >= 4 is 28.2 Å². The van der Waals surface area contributed by atoms with E-state index < -0.39 is 5.97 Å². The fourth-order valence-electron chi connectivity index (χ4n) is 0.991. The van der Waals surface area contributed by atoms with Crippen molar-refractivity contribution in [1.29, 1.82) is 0 Å². The fraction of sp³-hybridized carbons (Fsp3) is 0.444. The van der Waals surface area contributed by atoms with Crippen molar-refractivity contribution in [3.63, 3.8) is 0 Å². The molecule has 0 aliphatic heterocycles. The minimum Gasteiger partial charge on any atom is -0.476 e. The van der Waals surface area contributed by atoms with Gasteiger partial charge in [0.1, 0.15) is 5.00 Å². The number of rotatable bonds is 5. The number of amides is 1. The van der Waals surface area contributed by atoms with Crippen molar-refractivity contribution in [2.75, 3.05) is 25.5 Å². The zero-order chi connectivity index (χ0) is 12.1. The summed E-state index contributed by atoms with van der Waals surface area (Å²) in [6.45, 7) is 2.56. The lowest BCUT2D eigenvalue weighted by atomic mass is 10.4. The maximum atomic E-state index is 11.5. The van der Waals surface area contributed by atoms with E-state index in [1.807, 2.05) is 6.92 Å². The number of carboxylic acid groups (broad SMARTS) is 1. The number of aromatic carboxylic acids is 1. The van der Waals surface area contributed by atoms with Crippen molar-refractivity contribution in [2.24, 2.45) is 0 Å². The van der Waals surface area contributed by atoms with Crippen LogP contribution < -0.4 is 5.32 Å². The molecule has 2 N–H and O–H groups in total. The Labute approximate surface area is 96.9 Å². The van der Waals surface area contributed by atoms with Gasteiger partial charge in [0, 0.05) is 13.6 Å². The predicted octanol–water partition coefficient (Wildman–Crippen LogP) is 0.732. The molecule has 0 saturated heterocycles. The summed E-state index contributed by atoms with van der Waals surface area (Å²) in [7, 11) is 1.69. The first kappa shape index (κ1) is 12.4. The third kappa shape index (κ3) is 2.93. The molecule has 0 aromatic carbocycles. The van der Waals surface area contributed by atoms with Gasteiger partial charge in [-0.25, -0.2) is 9.78 Å². The van der Waals surface area contributed by atoms with Crippen molar-refractivity contribution in [2.45, 2.75) is 6.92 Å². The van der Waals surface area contributed by atoms with Crippen molar-refractivity contribution in [3.8, 4) is 0 Å². The quantitative estimate of drug-likeness (QED) is 0.796. The van der Waals surface area contributed by atoms with Gasteiger partial charge < -0.3 is 15.3 Å². The van der Waals surface area contributed by atoms with Gasteiger partial charge in [0.15, 0.2) is 5.69 Å². The highest BCUT2D eigenvalue weighted by Gasteiger charge is 2.14. The molecule has 0 atom stereocenters. The molecule has 88 valence electrons. The number of hydrogen-bond donors (Lipinski definition) is 2. The predicted molar refractivity (Wildman–Crippen MR) is 60.9 cm³/mol. The topological polar surface area (TPSA) is 82.5 Å². The second kappa shape index (κ2) is 5.45. The number of carboxylic acids is 1. The van der Waals surface area contributed by atoms with Crippen LogP contribution in [0.4, 0.5) is 5.00 Å². The number of carbonyl (C=O) groups is 2. The lowest BCUT2D eigenvalue weighted by molar-refractivity contribution is -0.127. The second-order valence-corrected chi connectivity index (χ2v) is 3.95. The van der Waals surface area contributed by atoms with E-state index in [1.165, 1.54) is 16.8 Å². The molecule has 0 fully saturated rings. The van der Waals surface area contributed by atoms with Gasteiger partial charge in [-0.2, -0.15) is 0 Å². The third-order valence-corrected chi connectivity index (χ3v) is 2.85. The number of hydrogen-bond acceptors (Lipinski definition) is 5. The molecule has 0 radical (unpaired) electrons. The SMILES string of the molecule is CCN(C)C(=O)CNc1scnc1C(=O)O. The number of carbonyl (C=O) groups excluding carboxylic acids is 1. The molecular weight excluding hydrogens is 230 g/mol. The average Bonchev–Trinajstić information content (AvgIpc) is 2.72. The summed E-state index contributed by atoms with van der Waals surface area (Å²) in [5.41, 5.74) is 1.39. The molecular formula is C9H13N3O3S. The molecule has 0 aliphatic rings. The van der Waals surface area contributed by atoms with E-state index in [9.17, 15) is 9.59 Å². The van der Waals surface area contributed by atoms with E-state index in [1.54, 1.807) is 11.9 Å². The van der Waals surface area contributed by atoms with Crippen molar-refractivity contribution < 1.29 is 14.7 Å².